The molecule has 1 aliphatic carbocycles. The highest BCUT2D eigenvalue weighted by Gasteiger charge is 2.39. The van der Waals surface area contributed by atoms with E-state index in [4.69, 9.17) is 4.43 Å². The summed E-state index contributed by atoms with van der Waals surface area (Å²) in [7, 11) is 4.94. The maximum atomic E-state index is 6.52. The van der Waals surface area contributed by atoms with E-state index in [-0.39, 0.29) is 0 Å². The van der Waals surface area contributed by atoms with E-state index in [0.29, 0.717) is 11.1 Å². The van der Waals surface area contributed by atoms with Gasteiger partial charge in [0.2, 0.25) is 0 Å². The summed E-state index contributed by atoms with van der Waals surface area (Å²) in [5, 5.41) is 0.331. The van der Waals surface area contributed by atoms with Crippen LogP contribution in [0.4, 0.5) is 0 Å². The monoisotopic (exact) mass is 325 g/mol. The van der Waals surface area contributed by atoms with Crippen LogP contribution in [0.25, 0.3) is 0 Å². The van der Waals surface area contributed by atoms with Gasteiger partial charge in [0, 0.05) is 12.1 Å². The average Bonchev–Trinajstić information content (AvgIpc) is 2.27. The molecule has 0 saturated heterocycles. The molecule has 0 radical (unpaired) electrons. The number of hydrogen-bond acceptors (Lipinski definition) is 2. The fourth-order valence-electron chi connectivity index (χ4n) is 2.14. The highest BCUT2D eigenvalue weighted by Crippen LogP contribution is 2.41. The summed E-state index contributed by atoms with van der Waals surface area (Å²) < 4.78 is 8.91. The van der Waals surface area contributed by atoms with Gasteiger partial charge in [0.05, 0.1) is 0 Å². The molecule has 2 nitrogen and oxygen atoms in total. The first-order valence-electron chi connectivity index (χ1n) is 6.85. The molecule has 1 aliphatic rings. The number of hydrogen-bond donors (Lipinski definition) is 0. The van der Waals surface area contributed by atoms with Crippen LogP contribution in [0.5, 0.6) is 0 Å². The van der Waals surface area contributed by atoms with Gasteiger partial charge < -0.3 is 4.43 Å². The van der Waals surface area contributed by atoms with E-state index in [9.17, 15) is 0 Å². The molecule has 0 aliphatic heterocycles. The lowest BCUT2D eigenvalue weighted by molar-refractivity contribution is 0.121. The molecule has 18 heavy (non-hydrogen) atoms. The number of nitrogens with zero attached hydrogens (tertiary/aromatic N) is 1. The fraction of sp³-hybridized carbons (Fsp3) is 1.00. The maximum absolute atomic E-state index is 6.52. The van der Waals surface area contributed by atoms with E-state index in [1.165, 1.54) is 25.7 Å². The van der Waals surface area contributed by atoms with Crippen LogP contribution in [0.3, 0.4) is 0 Å². The Balaban J connectivity index is 2.45. The molecule has 6 heteroatoms. The molecule has 0 N–H and O–H groups in total. The largest absolute Gasteiger partial charge is 0.414 e. The van der Waals surface area contributed by atoms with Crippen molar-refractivity contribution >= 4 is 35.1 Å². The smallest absolute Gasteiger partial charge is 0.192 e. The van der Waals surface area contributed by atoms with Crippen LogP contribution in [0.15, 0.2) is 0 Å². The number of rotatable bonds is 4. The fourth-order valence-corrected chi connectivity index (χ4v) is 4.96. The molecular weight excluding hydrogens is 295 g/mol. The average molecular weight is 325 g/mol. The molecule has 0 aromatic rings. The summed E-state index contributed by atoms with van der Waals surface area (Å²) in [5.41, 5.74) is 0. The molecule has 3 unspecified atom stereocenters. The van der Waals surface area contributed by atoms with Gasteiger partial charge in [-0.05, 0) is 52.2 Å². The molecule has 0 amide bonds. The highest BCUT2D eigenvalue weighted by molar-refractivity contribution is 8.02. The Labute approximate surface area is 121 Å². The lowest BCUT2D eigenvalue weighted by atomic mass is 9.94. The highest BCUT2D eigenvalue weighted by atomic mass is 32.0. The zero-order valence-corrected chi connectivity index (χ0v) is 16.8. The molecule has 1 saturated carbocycles. The van der Waals surface area contributed by atoms with Crippen LogP contribution in [0.2, 0.25) is 18.1 Å². The van der Waals surface area contributed by atoms with Gasteiger partial charge in [-0.3, -0.25) is 4.44 Å². The summed E-state index contributed by atoms with van der Waals surface area (Å²) in [5.74, 6) is 0. The Morgan fingerprint density at radius 3 is 2.06 bits per heavy atom. The molecule has 0 heterocycles. The maximum Gasteiger partial charge on any atom is 0.192 e. The summed E-state index contributed by atoms with van der Waals surface area (Å²) >= 11 is 0. The van der Waals surface area contributed by atoms with Crippen molar-refractivity contribution in [2.24, 2.45) is 0 Å². The predicted molar refractivity (Wildman–Crippen MR) is 93.9 cm³/mol. The molecule has 1 fully saturated rings. The van der Waals surface area contributed by atoms with E-state index in [2.05, 4.69) is 56.6 Å². The van der Waals surface area contributed by atoms with Gasteiger partial charge in [-0.25, -0.2) is 0 Å². The quantitative estimate of drug-likeness (QED) is 0.544. The lowest BCUT2D eigenvalue weighted by Gasteiger charge is -2.42. The van der Waals surface area contributed by atoms with E-state index in [1.54, 1.807) is 0 Å². The van der Waals surface area contributed by atoms with Gasteiger partial charge in [-0.1, -0.05) is 39.1 Å². The lowest BCUT2D eigenvalue weighted by Crippen LogP contribution is -2.45. The van der Waals surface area contributed by atoms with Crippen molar-refractivity contribution in [1.29, 1.82) is 0 Å². The van der Waals surface area contributed by atoms with Crippen molar-refractivity contribution in [3.8, 4) is 0 Å². The van der Waals surface area contributed by atoms with Gasteiger partial charge in [0.1, 0.15) is 0 Å². The van der Waals surface area contributed by atoms with Gasteiger partial charge in [-0.2, -0.15) is 0 Å². The Hall–Kier alpha value is 1.43. The Bertz CT molecular complexity index is 263. The first kappa shape index (κ1) is 17.5. The van der Waals surface area contributed by atoms with Crippen molar-refractivity contribution in [2.45, 2.75) is 76.7 Å². The van der Waals surface area contributed by atoms with E-state index in [0.717, 1.165) is 14.5 Å². The van der Waals surface area contributed by atoms with Crippen LogP contribution in [-0.4, -0.2) is 24.9 Å². The molecule has 0 aromatic heterocycles. The Morgan fingerprint density at radius 2 is 1.67 bits per heavy atom. The summed E-state index contributed by atoms with van der Waals surface area (Å²) in [4.78, 5) is 0. The van der Waals surface area contributed by atoms with Crippen LogP contribution in [-0.2, 0) is 4.43 Å². The molecular formula is C12H30NOP3Si. The van der Waals surface area contributed by atoms with Crippen molar-refractivity contribution in [2.75, 3.05) is 0 Å². The zero-order valence-electron chi connectivity index (χ0n) is 12.5. The zero-order chi connectivity index (χ0) is 14.0. The molecule has 0 bridgehead atoms. The minimum Gasteiger partial charge on any atom is -0.414 e. The molecule has 0 spiro atoms. The second-order valence-electron chi connectivity index (χ2n) is 6.85. The van der Waals surface area contributed by atoms with Crippen LogP contribution in [0, 0.1) is 0 Å². The van der Waals surface area contributed by atoms with Crippen molar-refractivity contribution in [3.05, 3.63) is 0 Å². The summed E-state index contributed by atoms with van der Waals surface area (Å²) in [6, 6.07) is 0.741. The van der Waals surface area contributed by atoms with Crippen molar-refractivity contribution < 1.29 is 4.43 Å². The molecule has 0 aromatic carbocycles. The van der Waals surface area contributed by atoms with Crippen molar-refractivity contribution in [3.63, 3.8) is 0 Å². The minimum atomic E-state index is -1.57. The molecule has 108 valence electrons. The second kappa shape index (κ2) is 6.93. The van der Waals surface area contributed by atoms with Gasteiger partial charge in [0.15, 0.2) is 8.32 Å². The van der Waals surface area contributed by atoms with Gasteiger partial charge in [0.25, 0.3) is 0 Å². The SMILES string of the molecule is CC(C)(C)[Si](C)(C)O[C@H]1CC[C@H](N(P)PP)CC1. The molecule has 3 atom stereocenters. The summed E-state index contributed by atoms with van der Waals surface area (Å²) in [6.45, 7) is 11.7. The third-order valence-corrected chi connectivity index (χ3v) is 12.3. The first-order valence-corrected chi connectivity index (χ1v) is 13.0. The van der Waals surface area contributed by atoms with E-state index in [1.807, 2.05) is 0 Å². The Kier molecular flexibility index (Phi) is 6.72. The predicted octanol–water partition coefficient (Wildman–Crippen LogP) is 4.80. The van der Waals surface area contributed by atoms with Crippen LogP contribution < -0.4 is 0 Å². The molecule has 1 rings (SSSR count). The van der Waals surface area contributed by atoms with E-state index < -0.39 is 8.32 Å². The summed E-state index contributed by atoms with van der Waals surface area (Å²) in [6.07, 6.45) is 5.54. The minimum absolute atomic E-state index is 0.331. The van der Waals surface area contributed by atoms with Crippen LogP contribution >= 0.6 is 26.7 Å². The topological polar surface area (TPSA) is 12.5 Å². The standard InChI is InChI=1S/C12H30NOP3Si/c1-12(2,3)18(4,5)14-11-8-6-10(7-9-11)13(15)17-16/h10-11,17H,6-9,15-16H2,1-5H3/t10-,11-. The third-order valence-electron chi connectivity index (χ3n) is 4.45. The van der Waals surface area contributed by atoms with Crippen LogP contribution in [0.1, 0.15) is 46.5 Å². The second-order valence-corrected chi connectivity index (χ2v) is 14.2. The third kappa shape index (κ3) is 4.76. The van der Waals surface area contributed by atoms with E-state index >= 15 is 0 Å². The Morgan fingerprint density at radius 1 is 1.17 bits per heavy atom. The van der Waals surface area contributed by atoms with Gasteiger partial charge in [-0.15, -0.1) is 0 Å². The van der Waals surface area contributed by atoms with Crippen molar-refractivity contribution in [1.82, 2.24) is 4.44 Å². The first-order chi connectivity index (χ1) is 8.17. The normalized spacial score (nSPS) is 27.3. The van der Waals surface area contributed by atoms with Gasteiger partial charge >= 0.3 is 0 Å².